The van der Waals surface area contributed by atoms with Gasteiger partial charge in [0, 0.05) is 22.7 Å². The van der Waals surface area contributed by atoms with Gasteiger partial charge < -0.3 is 49.2 Å². The van der Waals surface area contributed by atoms with E-state index in [9.17, 15) is 42.7 Å². The molecule has 1 aromatic heterocycles. The third-order valence-electron chi connectivity index (χ3n) is 7.68. The van der Waals surface area contributed by atoms with E-state index in [0.717, 1.165) is 30.0 Å². The Morgan fingerprint density at radius 2 is 1.86 bits per heavy atom. The normalized spacial score (nSPS) is 19.4. The van der Waals surface area contributed by atoms with Crippen molar-refractivity contribution in [2.75, 3.05) is 39.6 Å². The minimum absolute atomic E-state index is 0.0628. The second kappa shape index (κ2) is 21.0. The van der Waals surface area contributed by atoms with Gasteiger partial charge in [-0.2, -0.15) is 8.62 Å². The fourth-order valence-electron chi connectivity index (χ4n) is 4.91. The molecule has 0 bridgehead atoms. The molecule has 28 heteroatoms. The van der Waals surface area contributed by atoms with Crippen molar-refractivity contribution in [3.8, 4) is 17.6 Å². The minimum atomic E-state index is -5.71. The molecule has 5 atom stereocenters. The number of aromatic nitrogens is 2. The van der Waals surface area contributed by atoms with Crippen LogP contribution in [0.3, 0.4) is 0 Å². The summed E-state index contributed by atoms with van der Waals surface area (Å²) in [6.07, 6.45) is 1.27. The Hall–Kier alpha value is -4.20. The SMILES string of the molecule is [N-]=[N+]=NC(COc1cccc(C(=O)NC2CCC2)c1)OCCOCC(=O)NCC#Cc1cn([C@H]2CC[C@@H](COP(=O)(O)OP(=O)(O)OP(=O)(O)O)O2)c(=O)[nH]c1=O. The fraction of sp³-hybridized carbons (Fsp3) is 0.517. The maximum atomic E-state index is 12.5. The van der Waals surface area contributed by atoms with Crippen molar-refractivity contribution in [1.82, 2.24) is 20.2 Å². The molecule has 25 nitrogen and oxygen atoms in total. The number of hydrogen-bond acceptors (Lipinski definition) is 15. The van der Waals surface area contributed by atoms with Crippen LogP contribution >= 0.6 is 23.5 Å². The van der Waals surface area contributed by atoms with Crippen LogP contribution in [0.2, 0.25) is 0 Å². The van der Waals surface area contributed by atoms with Crippen molar-refractivity contribution in [2.45, 2.75) is 56.7 Å². The predicted octanol–water partition coefficient (Wildman–Crippen LogP) is 1.06. The molecule has 1 aromatic carbocycles. The third kappa shape index (κ3) is 15.9. The lowest BCUT2D eigenvalue weighted by atomic mass is 9.93. The molecule has 1 aliphatic carbocycles. The highest BCUT2D eigenvalue weighted by Crippen LogP contribution is 2.66. The molecule has 0 spiro atoms. The number of azide groups is 1. The number of carbonyl (C=O) groups excluding carboxylic acids is 2. The monoisotopic (exact) mass is 865 g/mol. The summed E-state index contributed by atoms with van der Waals surface area (Å²) in [4.78, 5) is 90.3. The second-order valence-corrected chi connectivity index (χ2v) is 16.4. The molecular weight excluding hydrogens is 827 g/mol. The lowest BCUT2D eigenvalue weighted by molar-refractivity contribution is -0.126. The van der Waals surface area contributed by atoms with Gasteiger partial charge in [-0.25, -0.2) is 18.5 Å². The van der Waals surface area contributed by atoms with Crippen LogP contribution in [0.4, 0.5) is 0 Å². The average molecular weight is 866 g/mol. The van der Waals surface area contributed by atoms with Gasteiger partial charge >= 0.3 is 29.2 Å². The minimum Gasteiger partial charge on any atom is -0.491 e. The van der Waals surface area contributed by atoms with Crippen LogP contribution in [0.25, 0.3) is 10.4 Å². The van der Waals surface area contributed by atoms with Gasteiger partial charge in [-0.15, -0.1) is 0 Å². The average Bonchev–Trinajstić information content (AvgIpc) is 3.57. The van der Waals surface area contributed by atoms with E-state index in [4.69, 9.17) is 34.3 Å². The Morgan fingerprint density at radius 3 is 2.56 bits per heavy atom. The number of ether oxygens (including phenoxy) is 4. The zero-order chi connectivity index (χ0) is 41.6. The molecule has 2 aliphatic rings. The summed E-state index contributed by atoms with van der Waals surface area (Å²) in [6.45, 7) is -1.64. The number of H-pyrrole nitrogens is 1. The van der Waals surface area contributed by atoms with Crippen LogP contribution < -0.4 is 26.6 Å². The zero-order valence-corrected chi connectivity index (χ0v) is 32.3. The maximum absolute atomic E-state index is 12.5. The van der Waals surface area contributed by atoms with Crippen LogP contribution in [0, 0.1) is 11.8 Å². The highest BCUT2D eigenvalue weighted by atomic mass is 31.3. The molecule has 1 aliphatic heterocycles. The number of amides is 2. The van der Waals surface area contributed by atoms with Gasteiger partial charge in [0.15, 0.2) is 6.23 Å². The lowest BCUT2D eigenvalue weighted by Crippen LogP contribution is -2.39. The molecule has 1 saturated heterocycles. The van der Waals surface area contributed by atoms with Crippen LogP contribution in [-0.4, -0.2) is 98.9 Å². The summed E-state index contributed by atoms with van der Waals surface area (Å²) in [5, 5.41) is 8.92. The first kappa shape index (κ1) is 45.5. The summed E-state index contributed by atoms with van der Waals surface area (Å²) in [5.74, 6) is 4.66. The smallest absolute Gasteiger partial charge is 0.490 e. The number of aromatic amines is 1. The number of phosphoric ester groups is 1. The highest BCUT2D eigenvalue weighted by Gasteiger charge is 2.41. The van der Waals surface area contributed by atoms with Gasteiger partial charge in [-0.05, 0) is 55.8 Å². The number of hydrogen-bond donors (Lipinski definition) is 7. The molecule has 0 radical (unpaired) electrons. The second-order valence-electron chi connectivity index (χ2n) is 12.0. The van der Waals surface area contributed by atoms with Crippen LogP contribution in [-0.2, 0) is 45.8 Å². The molecule has 2 aromatic rings. The molecule has 3 unspecified atom stereocenters. The van der Waals surface area contributed by atoms with Gasteiger partial charge in [-0.3, -0.25) is 28.5 Å². The Kier molecular flexibility index (Phi) is 16.8. The van der Waals surface area contributed by atoms with Crippen molar-refractivity contribution in [1.29, 1.82) is 0 Å². The molecule has 57 heavy (non-hydrogen) atoms. The molecule has 312 valence electrons. The number of nitrogens with zero attached hydrogens (tertiary/aromatic N) is 4. The third-order valence-corrected chi connectivity index (χ3v) is 11.5. The fourth-order valence-corrected chi connectivity index (χ4v) is 7.96. The van der Waals surface area contributed by atoms with Crippen molar-refractivity contribution < 1.29 is 75.0 Å². The van der Waals surface area contributed by atoms with Gasteiger partial charge in [0.05, 0.1) is 32.5 Å². The molecule has 7 N–H and O–H groups in total. The maximum Gasteiger partial charge on any atom is 0.490 e. The van der Waals surface area contributed by atoms with E-state index in [1.54, 1.807) is 24.3 Å². The Labute approximate surface area is 322 Å². The van der Waals surface area contributed by atoms with E-state index >= 15 is 0 Å². The summed E-state index contributed by atoms with van der Waals surface area (Å²) in [5.41, 5.74) is 7.40. The molecular formula is C29H38N7O18P3. The largest absolute Gasteiger partial charge is 0.491 e. The highest BCUT2D eigenvalue weighted by molar-refractivity contribution is 7.66. The first-order valence-electron chi connectivity index (χ1n) is 16.7. The van der Waals surface area contributed by atoms with Crippen molar-refractivity contribution in [3.63, 3.8) is 0 Å². The lowest BCUT2D eigenvalue weighted by Gasteiger charge is -2.26. The number of phosphoric acid groups is 3. The van der Waals surface area contributed by atoms with Gasteiger partial charge in [-0.1, -0.05) is 23.0 Å². The first-order chi connectivity index (χ1) is 26.9. The van der Waals surface area contributed by atoms with Crippen molar-refractivity contribution in [3.05, 3.63) is 72.9 Å². The predicted molar refractivity (Wildman–Crippen MR) is 191 cm³/mol. The van der Waals surface area contributed by atoms with Crippen LogP contribution in [0.1, 0.15) is 54.3 Å². The molecule has 1 saturated carbocycles. The number of rotatable bonds is 21. The van der Waals surface area contributed by atoms with Gasteiger partial charge in [0.25, 0.3) is 11.5 Å². The Morgan fingerprint density at radius 1 is 1.09 bits per heavy atom. The summed E-state index contributed by atoms with van der Waals surface area (Å²) >= 11 is 0. The quantitative estimate of drug-likeness (QED) is 0.0230. The van der Waals surface area contributed by atoms with Gasteiger partial charge in [0.2, 0.25) is 5.91 Å². The molecule has 2 amide bonds. The van der Waals surface area contributed by atoms with E-state index in [0.29, 0.717) is 11.3 Å². The van der Waals surface area contributed by atoms with Crippen LogP contribution in [0.5, 0.6) is 5.75 Å². The van der Waals surface area contributed by atoms with Crippen molar-refractivity contribution >= 4 is 35.3 Å². The van der Waals surface area contributed by atoms with Crippen LogP contribution in [0.15, 0.2) is 45.2 Å². The number of benzene rings is 1. The molecule has 2 heterocycles. The Bertz CT molecular complexity index is 2120. The van der Waals surface area contributed by atoms with E-state index in [2.05, 4.69) is 50.6 Å². The summed E-state index contributed by atoms with van der Waals surface area (Å²) in [7, 11) is -16.7. The standard InChI is InChI=1S/C29H38N7O18P3/c30-35-34-25(18-50-22-8-1-4-19(14-22)27(38)32-21-6-2-7-21)49-13-12-48-17-24(37)31-11-3-5-20-15-36(29(40)33-28(20)39)26-10-9-23(52-26)16-51-56(44,45)54-57(46,47)53-55(41,42)43/h1,4,8,14-15,21,23,25-26H,2,6-7,9-13,16-18H2,(H,31,37)(H,32,38)(H,44,45)(H,46,47)(H,33,39,40)(H2,41,42,43)/t23-,25?,26+/m0/s1. The zero-order valence-electron chi connectivity index (χ0n) is 29.6. The van der Waals surface area contributed by atoms with E-state index < -0.39 is 72.4 Å². The molecule has 2 fully saturated rings. The number of nitrogens with one attached hydrogen (secondary N) is 3. The van der Waals surface area contributed by atoms with E-state index in [-0.39, 0.29) is 56.7 Å². The summed E-state index contributed by atoms with van der Waals surface area (Å²) in [6, 6.07) is 6.69. The number of carbonyl (C=O) groups is 2. The first-order valence-corrected chi connectivity index (χ1v) is 21.3. The molecule has 4 rings (SSSR count). The Balaban J connectivity index is 1.16. The van der Waals surface area contributed by atoms with E-state index in [1.165, 1.54) is 0 Å². The summed E-state index contributed by atoms with van der Waals surface area (Å²) < 4.78 is 69.0. The van der Waals surface area contributed by atoms with Crippen molar-refractivity contribution in [2.24, 2.45) is 5.11 Å². The van der Waals surface area contributed by atoms with E-state index in [1.807, 2.05) is 0 Å². The van der Waals surface area contributed by atoms with Gasteiger partial charge in [0.1, 0.15) is 30.8 Å². The topological polar surface area (TPSA) is 359 Å².